The Balaban J connectivity index is 1.78. The molecule has 2 heterocycles. The minimum absolute atomic E-state index is 0.303. The molecule has 1 unspecified atom stereocenters. The molecule has 0 aliphatic carbocycles. The van der Waals surface area contributed by atoms with E-state index in [0.717, 1.165) is 11.1 Å². The number of anilines is 1. The van der Waals surface area contributed by atoms with Gasteiger partial charge in [-0.2, -0.15) is 0 Å². The molecule has 0 spiro atoms. The van der Waals surface area contributed by atoms with Crippen LogP contribution in [0.15, 0.2) is 79.3 Å². The third kappa shape index (κ3) is 4.33. The lowest BCUT2D eigenvalue weighted by molar-refractivity contribution is 0.501. The molecule has 0 saturated heterocycles. The van der Waals surface area contributed by atoms with E-state index in [-0.39, 0.29) is 11.6 Å². The number of nitrogens with one attached hydrogen (secondary N) is 1. The number of hydrogen-bond donors (Lipinski definition) is 1. The van der Waals surface area contributed by atoms with E-state index in [9.17, 15) is 8.78 Å². The van der Waals surface area contributed by atoms with Gasteiger partial charge in [0.2, 0.25) is 0 Å². The van der Waals surface area contributed by atoms with Crippen LogP contribution in [-0.4, -0.2) is 15.0 Å². The van der Waals surface area contributed by atoms with E-state index in [2.05, 4.69) is 26.3 Å². The van der Waals surface area contributed by atoms with Crippen LogP contribution < -0.4 is 5.32 Å². The summed E-state index contributed by atoms with van der Waals surface area (Å²) in [4.78, 5) is 13.2. The fourth-order valence-corrected chi connectivity index (χ4v) is 3.39. The van der Waals surface area contributed by atoms with Gasteiger partial charge in [0.25, 0.3) is 0 Å². The van der Waals surface area contributed by atoms with Crippen LogP contribution in [0.2, 0.25) is 0 Å². The van der Waals surface area contributed by atoms with Crippen molar-refractivity contribution in [3.63, 3.8) is 0 Å². The highest BCUT2D eigenvalue weighted by Gasteiger charge is 2.31. The van der Waals surface area contributed by atoms with Gasteiger partial charge in [-0.1, -0.05) is 12.1 Å². The number of nitrogens with zero attached hydrogens (tertiary/aromatic N) is 3. The highest BCUT2D eigenvalue weighted by atomic mass is 19.1. The summed E-state index contributed by atoms with van der Waals surface area (Å²) in [6.07, 6.45) is 5.42. The van der Waals surface area contributed by atoms with E-state index in [0.29, 0.717) is 23.6 Å². The second-order valence-electron chi connectivity index (χ2n) is 7.16. The zero-order chi connectivity index (χ0) is 21.0. The van der Waals surface area contributed by atoms with Crippen molar-refractivity contribution in [2.75, 3.05) is 5.32 Å². The molecule has 0 amide bonds. The van der Waals surface area contributed by atoms with Crippen molar-refractivity contribution in [1.82, 2.24) is 15.0 Å². The molecule has 0 aliphatic heterocycles. The zero-order valence-electron chi connectivity index (χ0n) is 16.3. The molecule has 4 aromatic rings. The highest BCUT2D eigenvalue weighted by molar-refractivity contribution is 5.76. The first-order valence-corrected chi connectivity index (χ1v) is 9.46. The van der Waals surface area contributed by atoms with Crippen LogP contribution in [0.1, 0.15) is 18.3 Å². The molecule has 1 atom stereocenters. The van der Waals surface area contributed by atoms with Gasteiger partial charge in [-0.25, -0.2) is 18.7 Å². The van der Waals surface area contributed by atoms with Crippen LogP contribution in [0.25, 0.3) is 11.3 Å². The predicted molar refractivity (Wildman–Crippen MR) is 112 cm³/mol. The van der Waals surface area contributed by atoms with Crippen LogP contribution in [-0.2, 0) is 12.0 Å². The number of pyridine rings is 1. The zero-order valence-corrected chi connectivity index (χ0v) is 16.3. The smallest absolute Gasteiger partial charge is 0.153 e. The van der Waals surface area contributed by atoms with Crippen molar-refractivity contribution in [1.29, 1.82) is 0 Å². The lowest BCUT2D eigenvalue weighted by atomic mass is 9.90. The summed E-state index contributed by atoms with van der Waals surface area (Å²) in [5.74, 6) is -0.139. The third-order valence-electron chi connectivity index (χ3n) is 4.80. The molecule has 30 heavy (non-hydrogen) atoms. The number of benzene rings is 2. The summed E-state index contributed by atoms with van der Waals surface area (Å²) in [7, 11) is 0. The van der Waals surface area contributed by atoms with Gasteiger partial charge in [0.1, 0.15) is 11.6 Å². The second-order valence-corrected chi connectivity index (χ2v) is 7.16. The minimum Gasteiger partial charge on any atom is -0.372 e. The molecule has 0 fully saturated rings. The molecule has 149 valence electrons. The topological polar surface area (TPSA) is 50.7 Å². The molecular formula is C24H19F2N4. The van der Waals surface area contributed by atoms with Gasteiger partial charge in [0, 0.05) is 36.3 Å². The normalized spacial score (nSPS) is 12.9. The van der Waals surface area contributed by atoms with E-state index in [1.165, 1.54) is 24.3 Å². The summed E-state index contributed by atoms with van der Waals surface area (Å²) in [5.41, 5.74) is 2.05. The lowest BCUT2D eigenvalue weighted by Crippen LogP contribution is -2.36. The van der Waals surface area contributed by atoms with Crippen molar-refractivity contribution < 1.29 is 8.78 Å². The minimum atomic E-state index is -0.792. The molecule has 4 nitrogen and oxygen atoms in total. The first kappa shape index (κ1) is 19.6. The van der Waals surface area contributed by atoms with Crippen LogP contribution in [0.5, 0.6) is 0 Å². The Morgan fingerprint density at radius 1 is 0.933 bits per heavy atom. The van der Waals surface area contributed by atoms with Gasteiger partial charge in [-0.3, -0.25) is 4.98 Å². The monoisotopic (exact) mass is 401 g/mol. The van der Waals surface area contributed by atoms with Gasteiger partial charge in [-0.05, 0) is 67.1 Å². The van der Waals surface area contributed by atoms with E-state index < -0.39 is 5.54 Å². The van der Waals surface area contributed by atoms with Gasteiger partial charge in [0.15, 0.2) is 5.82 Å². The summed E-state index contributed by atoms with van der Waals surface area (Å²) < 4.78 is 27.6. The number of hydrogen-bond acceptors (Lipinski definition) is 4. The van der Waals surface area contributed by atoms with Crippen molar-refractivity contribution in [3.8, 4) is 11.3 Å². The molecular weight excluding hydrogens is 382 g/mol. The first-order chi connectivity index (χ1) is 14.5. The number of aromatic nitrogens is 3. The maximum atomic E-state index is 14.2. The fourth-order valence-electron chi connectivity index (χ4n) is 3.39. The van der Waals surface area contributed by atoms with Crippen LogP contribution in [0.4, 0.5) is 14.5 Å². The Kier molecular flexibility index (Phi) is 5.48. The number of halogens is 2. The Labute approximate surface area is 173 Å². The molecule has 6 heteroatoms. The molecule has 4 rings (SSSR count). The maximum absolute atomic E-state index is 14.2. The van der Waals surface area contributed by atoms with Crippen molar-refractivity contribution >= 4 is 5.69 Å². The van der Waals surface area contributed by atoms with Gasteiger partial charge in [-0.15, -0.1) is 0 Å². The molecule has 1 N–H and O–H groups in total. The van der Waals surface area contributed by atoms with Gasteiger partial charge >= 0.3 is 0 Å². The van der Waals surface area contributed by atoms with E-state index in [1.807, 2.05) is 6.92 Å². The standard InChI is InChI=1S/C24H19F2N4/c1-24(23-28-13-4-14-29-23,16-17-6-8-18(25)9-7-17)30-22-15-19(26)10-11-20(22)21-5-2-3-12-27-21/h3-15,30H,16H2,1H3. The third-order valence-corrected chi connectivity index (χ3v) is 4.80. The Bertz CT molecular complexity index is 1120. The van der Waals surface area contributed by atoms with Crippen molar-refractivity contribution in [2.24, 2.45) is 0 Å². The van der Waals surface area contributed by atoms with Crippen LogP contribution in [0, 0.1) is 17.7 Å². The quantitative estimate of drug-likeness (QED) is 0.483. The Morgan fingerprint density at radius 2 is 1.67 bits per heavy atom. The molecule has 0 bridgehead atoms. The Hall–Kier alpha value is -3.67. The predicted octanol–water partition coefficient (Wildman–Crippen LogP) is 5.19. The largest absolute Gasteiger partial charge is 0.372 e. The van der Waals surface area contributed by atoms with E-state index in [1.54, 1.807) is 55.0 Å². The summed E-state index contributed by atoms with van der Waals surface area (Å²) in [5, 5.41) is 3.43. The van der Waals surface area contributed by atoms with E-state index in [4.69, 9.17) is 0 Å². The molecule has 1 radical (unpaired) electrons. The van der Waals surface area contributed by atoms with E-state index >= 15 is 0 Å². The van der Waals surface area contributed by atoms with Crippen LogP contribution >= 0.6 is 0 Å². The first-order valence-electron chi connectivity index (χ1n) is 9.46. The average Bonchev–Trinajstić information content (AvgIpc) is 2.77. The van der Waals surface area contributed by atoms with Crippen LogP contribution in [0.3, 0.4) is 0 Å². The number of rotatable bonds is 6. The summed E-state index contributed by atoms with van der Waals surface area (Å²) >= 11 is 0. The lowest BCUT2D eigenvalue weighted by Gasteiger charge is -2.31. The highest BCUT2D eigenvalue weighted by Crippen LogP contribution is 2.34. The molecule has 2 aromatic carbocycles. The van der Waals surface area contributed by atoms with Crippen molar-refractivity contribution in [3.05, 3.63) is 108 Å². The fraction of sp³-hybridized carbons (Fsp3) is 0.125. The molecule has 0 aliphatic rings. The second kappa shape index (κ2) is 8.37. The van der Waals surface area contributed by atoms with Gasteiger partial charge < -0.3 is 5.32 Å². The molecule has 0 saturated carbocycles. The van der Waals surface area contributed by atoms with Crippen molar-refractivity contribution in [2.45, 2.75) is 18.9 Å². The summed E-state index contributed by atoms with van der Waals surface area (Å²) in [6, 6.07) is 19.0. The maximum Gasteiger partial charge on any atom is 0.153 e. The van der Waals surface area contributed by atoms with Gasteiger partial charge in [0.05, 0.1) is 11.2 Å². The Morgan fingerprint density at radius 3 is 2.37 bits per heavy atom. The molecule has 2 aromatic heterocycles. The average molecular weight is 401 g/mol. The SMILES string of the molecule is CC(Cc1ccc(F)cc1)(Nc1cc(F)ccc1-c1c[c]ccn1)c1ncccn1. The summed E-state index contributed by atoms with van der Waals surface area (Å²) in [6.45, 7) is 1.94.